The quantitative estimate of drug-likeness (QED) is 0.110. The Morgan fingerprint density at radius 3 is 1.64 bits per heavy atom. The van der Waals surface area contributed by atoms with Crippen LogP contribution in [0, 0.1) is 6.92 Å². The lowest BCUT2D eigenvalue weighted by molar-refractivity contribution is -0.144. The lowest BCUT2D eigenvalue weighted by Crippen LogP contribution is -2.52. The molecule has 0 spiro atoms. The van der Waals surface area contributed by atoms with Crippen LogP contribution in [0.1, 0.15) is 15.9 Å². The SMILES string of the molecule is Cc1ccc(OCC(CN(CCN(CC(=O)O)CC(=O)O)CC(=O)O)N(CC(=O)O)CC(=O)O)c(C(=O)O)c1. The highest BCUT2D eigenvalue weighted by Crippen LogP contribution is 2.21. The van der Waals surface area contributed by atoms with Gasteiger partial charge in [-0.3, -0.25) is 38.7 Å². The molecule has 0 saturated heterocycles. The summed E-state index contributed by atoms with van der Waals surface area (Å²) in [6.07, 6.45) is 0. The molecule has 0 heterocycles. The molecule has 216 valence electrons. The number of aryl methyl sites for hydroxylation is 1. The average Bonchev–Trinajstić information content (AvgIpc) is 2.78. The summed E-state index contributed by atoms with van der Waals surface area (Å²) in [5.74, 6) is -8.09. The third-order valence-corrected chi connectivity index (χ3v) is 5.27. The Bertz CT molecular complexity index is 1030. The zero-order valence-corrected chi connectivity index (χ0v) is 21.1. The topological polar surface area (TPSA) is 243 Å². The van der Waals surface area contributed by atoms with Crippen LogP contribution in [0.5, 0.6) is 5.75 Å². The van der Waals surface area contributed by atoms with Crippen LogP contribution in [0.4, 0.5) is 0 Å². The summed E-state index contributed by atoms with van der Waals surface area (Å²) >= 11 is 0. The van der Waals surface area contributed by atoms with E-state index in [2.05, 4.69) is 0 Å². The first-order valence-electron chi connectivity index (χ1n) is 11.4. The van der Waals surface area contributed by atoms with Crippen LogP contribution in [0.2, 0.25) is 0 Å². The molecule has 1 aromatic carbocycles. The van der Waals surface area contributed by atoms with Crippen molar-refractivity contribution in [1.29, 1.82) is 0 Å². The van der Waals surface area contributed by atoms with Crippen LogP contribution in [-0.4, -0.2) is 146 Å². The number of hydrogen-bond donors (Lipinski definition) is 6. The van der Waals surface area contributed by atoms with E-state index in [4.69, 9.17) is 14.9 Å². The Labute approximate surface area is 222 Å². The average molecular weight is 558 g/mol. The Balaban J connectivity index is 3.28. The van der Waals surface area contributed by atoms with Gasteiger partial charge in [-0.05, 0) is 19.1 Å². The molecule has 0 radical (unpaired) electrons. The molecule has 1 rings (SSSR count). The zero-order chi connectivity index (χ0) is 29.7. The Kier molecular flexibility index (Phi) is 13.3. The molecule has 0 aliphatic heterocycles. The van der Waals surface area contributed by atoms with Crippen molar-refractivity contribution in [3.05, 3.63) is 29.3 Å². The molecule has 39 heavy (non-hydrogen) atoms. The highest BCUT2D eigenvalue weighted by Gasteiger charge is 2.28. The highest BCUT2D eigenvalue weighted by molar-refractivity contribution is 5.91. The van der Waals surface area contributed by atoms with E-state index in [9.17, 15) is 49.2 Å². The minimum Gasteiger partial charge on any atom is -0.491 e. The molecule has 0 aliphatic rings. The van der Waals surface area contributed by atoms with Gasteiger partial charge >= 0.3 is 35.8 Å². The van der Waals surface area contributed by atoms with Crippen molar-refractivity contribution in [3.63, 3.8) is 0 Å². The molecular weight excluding hydrogens is 526 g/mol. The van der Waals surface area contributed by atoms with Crippen molar-refractivity contribution in [2.24, 2.45) is 0 Å². The smallest absolute Gasteiger partial charge is 0.339 e. The molecule has 0 bridgehead atoms. The maximum atomic E-state index is 11.6. The second-order valence-corrected chi connectivity index (χ2v) is 8.59. The maximum absolute atomic E-state index is 11.6. The summed E-state index contributed by atoms with van der Waals surface area (Å²) in [4.78, 5) is 71.5. The number of rotatable bonds is 20. The molecular formula is C23H31N3O13. The van der Waals surface area contributed by atoms with Gasteiger partial charge in [-0.2, -0.15) is 0 Å². The first kappa shape index (κ1) is 32.7. The van der Waals surface area contributed by atoms with Gasteiger partial charge in [-0.25, -0.2) is 4.79 Å². The van der Waals surface area contributed by atoms with E-state index in [-0.39, 0.29) is 30.9 Å². The number of carboxylic acid groups (broad SMARTS) is 6. The molecule has 0 aliphatic carbocycles. The summed E-state index contributed by atoms with van der Waals surface area (Å²) in [6, 6.07) is 3.19. The number of hydrogen-bond acceptors (Lipinski definition) is 10. The third-order valence-electron chi connectivity index (χ3n) is 5.27. The largest absolute Gasteiger partial charge is 0.491 e. The fraction of sp³-hybridized carbons (Fsp3) is 0.478. The van der Waals surface area contributed by atoms with Crippen molar-refractivity contribution in [2.75, 3.05) is 59.0 Å². The lowest BCUT2D eigenvalue weighted by atomic mass is 10.1. The van der Waals surface area contributed by atoms with Crippen LogP contribution in [0.3, 0.4) is 0 Å². The first-order chi connectivity index (χ1) is 18.2. The normalized spacial score (nSPS) is 11.9. The van der Waals surface area contributed by atoms with Gasteiger partial charge in [0.2, 0.25) is 0 Å². The third kappa shape index (κ3) is 13.2. The second-order valence-electron chi connectivity index (χ2n) is 8.59. The molecule has 0 aromatic heterocycles. The van der Waals surface area contributed by atoms with E-state index < -0.39 is 81.2 Å². The second kappa shape index (κ2) is 15.9. The van der Waals surface area contributed by atoms with Crippen LogP contribution < -0.4 is 4.74 Å². The number of aromatic carboxylic acids is 1. The van der Waals surface area contributed by atoms with Crippen molar-refractivity contribution >= 4 is 35.8 Å². The lowest BCUT2D eigenvalue weighted by Gasteiger charge is -2.34. The van der Waals surface area contributed by atoms with Crippen LogP contribution in [-0.2, 0) is 24.0 Å². The van der Waals surface area contributed by atoms with E-state index in [1.54, 1.807) is 13.0 Å². The Morgan fingerprint density at radius 2 is 1.18 bits per heavy atom. The van der Waals surface area contributed by atoms with E-state index in [1.807, 2.05) is 0 Å². The van der Waals surface area contributed by atoms with E-state index in [0.29, 0.717) is 5.56 Å². The van der Waals surface area contributed by atoms with Crippen molar-refractivity contribution in [1.82, 2.24) is 14.7 Å². The molecule has 1 aromatic rings. The van der Waals surface area contributed by atoms with Gasteiger partial charge in [0, 0.05) is 19.6 Å². The molecule has 0 saturated carbocycles. The minimum absolute atomic E-state index is 0.0809. The van der Waals surface area contributed by atoms with Crippen LogP contribution >= 0.6 is 0 Å². The summed E-state index contributed by atoms with van der Waals surface area (Å²) in [5, 5.41) is 55.6. The van der Waals surface area contributed by atoms with Gasteiger partial charge in [0.05, 0.1) is 38.8 Å². The van der Waals surface area contributed by atoms with Gasteiger partial charge in [0.15, 0.2) is 0 Å². The van der Waals surface area contributed by atoms with Crippen LogP contribution in [0.25, 0.3) is 0 Å². The zero-order valence-electron chi connectivity index (χ0n) is 21.1. The summed E-state index contributed by atoms with van der Waals surface area (Å²) < 4.78 is 5.65. The summed E-state index contributed by atoms with van der Waals surface area (Å²) in [6.45, 7) is -2.92. The number of benzene rings is 1. The molecule has 16 nitrogen and oxygen atoms in total. The molecule has 0 amide bonds. The summed E-state index contributed by atoms with van der Waals surface area (Å²) in [7, 11) is 0. The monoisotopic (exact) mass is 557 g/mol. The number of carboxylic acids is 6. The highest BCUT2D eigenvalue weighted by atomic mass is 16.5. The van der Waals surface area contributed by atoms with Gasteiger partial charge < -0.3 is 35.4 Å². The standard InChI is InChI=1S/C23H31N3O13/c1-14-2-3-17(16(6-14)23(37)38)39-13-15(26(11-21(33)34)12-22(35)36)7-24(8-18(27)28)4-5-25(9-19(29)30)10-20(31)32/h2-3,6,15H,4-5,7-13H2,1H3,(H,27,28)(H,29,30)(H,31,32)(H,33,34)(H,35,36)(H,37,38). The van der Waals surface area contributed by atoms with Crippen molar-refractivity contribution < 1.29 is 64.1 Å². The van der Waals surface area contributed by atoms with Gasteiger partial charge in [-0.15, -0.1) is 0 Å². The Morgan fingerprint density at radius 1 is 0.718 bits per heavy atom. The molecule has 0 fully saturated rings. The number of nitrogens with zero attached hydrogens (tertiary/aromatic N) is 3. The number of aliphatic carboxylic acids is 5. The number of ether oxygens (including phenoxy) is 1. The minimum atomic E-state index is -1.39. The van der Waals surface area contributed by atoms with E-state index in [0.717, 1.165) is 9.80 Å². The predicted octanol–water partition coefficient (Wildman–Crippen LogP) is -1.23. The molecule has 6 N–H and O–H groups in total. The fourth-order valence-corrected chi connectivity index (χ4v) is 3.66. The maximum Gasteiger partial charge on any atom is 0.339 e. The van der Waals surface area contributed by atoms with E-state index >= 15 is 0 Å². The molecule has 16 heteroatoms. The summed E-state index contributed by atoms with van der Waals surface area (Å²) in [5.41, 5.74) is 0.423. The van der Waals surface area contributed by atoms with Crippen molar-refractivity contribution in [2.45, 2.75) is 13.0 Å². The Hall–Kier alpha value is -4.28. The van der Waals surface area contributed by atoms with Crippen molar-refractivity contribution in [3.8, 4) is 5.75 Å². The predicted molar refractivity (Wildman–Crippen MR) is 130 cm³/mol. The van der Waals surface area contributed by atoms with Gasteiger partial charge in [0.1, 0.15) is 17.9 Å². The fourth-order valence-electron chi connectivity index (χ4n) is 3.66. The van der Waals surface area contributed by atoms with Gasteiger partial charge in [-0.1, -0.05) is 11.6 Å². The van der Waals surface area contributed by atoms with E-state index in [1.165, 1.54) is 17.0 Å². The van der Waals surface area contributed by atoms with Gasteiger partial charge in [0.25, 0.3) is 0 Å². The molecule has 1 atom stereocenters. The first-order valence-corrected chi connectivity index (χ1v) is 11.4. The van der Waals surface area contributed by atoms with Crippen LogP contribution in [0.15, 0.2) is 18.2 Å². The number of carbonyl (C=O) groups is 6. The molecule has 1 unspecified atom stereocenters.